The summed E-state index contributed by atoms with van der Waals surface area (Å²) in [5.74, 6) is -0.0878. The molecule has 88 valence electrons. The zero-order valence-corrected chi connectivity index (χ0v) is 10.2. The number of carbonyl (C=O) groups is 1. The highest BCUT2D eigenvalue weighted by molar-refractivity contribution is 7.07. The van der Waals surface area contributed by atoms with Crippen molar-refractivity contribution in [2.75, 3.05) is 13.2 Å². The number of likely N-dealkylation sites (tertiary alicyclic amines) is 1. The largest absolute Gasteiger partial charge is 0.465 e. The monoisotopic (exact) mass is 240 g/mol. The molecule has 0 N–H and O–H groups in total. The van der Waals surface area contributed by atoms with Gasteiger partial charge in [-0.05, 0) is 26.3 Å². The summed E-state index contributed by atoms with van der Waals surface area (Å²) in [5.41, 5.74) is 2.87. The van der Waals surface area contributed by atoms with Gasteiger partial charge < -0.3 is 4.74 Å². The zero-order chi connectivity index (χ0) is 11.4. The second kappa shape index (κ2) is 5.41. The van der Waals surface area contributed by atoms with Crippen LogP contribution >= 0.6 is 11.3 Å². The van der Waals surface area contributed by atoms with E-state index in [1.807, 2.05) is 17.8 Å². The van der Waals surface area contributed by atoms with Crippen molar-refractivity contribution in [2.45, 2.75) is 32.4 Å². The van der Waals surface area contributed by atoms with Gasteiger partial charge in [0.1, 0.15) is 6.04 Å². The van der Waals surface area contributed by atoms with Gasteiger partial charge in [-0.25, -0.2) is 4.98 Å². The molecule has 1 unspecified atom stereocenters. The fourth-order valence-corrected chi connectivity index (χ4v) is 2.59. The lowest BCUT2D eigenvalue weighted by Crippen LogP contribution is -2.36. The van der Waals surface area contributed by atoms with Crippen LogP contribution in [0.2, 0.25) is 0 Å². The molecule has 2 rings (SSSR count). The van der Waals surface area contributed by atoms with Gasteiger partial charge in [0.15, 0.2) is 0 Å². The second-order valence-electron chi connectivity index (χ2n) is 3.86. The van der Waals surface area contributed by atoms with E-state index in [2.05, 4.69) is 9.88 Å². The zero-order valence-electron chi connectivity index (χ0n) is 9.39. The van der Waals surface area contributed by atoms with Gasteiger partial charge in [-0.1, -0.05) is 0 Å². The van der Waals surface area contributed by atoms with Crippen molar-refractivity contribution in [3.05, 3.63) is 16.6 Å². The molecule has 1 aromatic rings. The Balaban J connectivity index is 1.95. The van der Waals surface area contributed by atoms with Crippen molar-refractivity contribution in [2.24, 2.45) is 0 Å². The van der Waals surface area contributed by atoms with Crippen molar-refractivity contribution >= 4 is 17.3 Å². The van der Waals surface area contributed by atoms with Crippen LogP contribution in [0, 0.1) is 0 Å². The van der Waals surface area contributed by atoms with E-state index in [-0.39, 0.29) is 12.0 Å². The van der Waals surface area contributed by atoms with Crippen LogP contribution in [0.3, 0.4) is 0 Å². The third-order valence-electron chi connectivity index (χ3n) is 2.77. The lowest BCUT2D eigenvalue weighted by atomic mass is 10.2. The maximum atomic E-state index is 11.7. The minimum atomic E-state index is -0.0878. The van der Waals surface area contributed by atoms with E-state index in [1.54, 1.807) is 11.3 Å². The molecule has 1 aliphatic rings. The third-order valence-corrected chi connectivity index (χ3v) is 3.41. The van der Waals surface area contributed by atoms with Gasteiger partial charge >= 0.3 is 5.97 Å². The number of ether oxygens (including phenoxy) is 1. The number of esters is 1. The number of aromatic nitrogens is 1. The molecular formula is C11H16N2O2S. The Bertz CT molecular complexity index is 340. The van der Waals surface area contributed by atoms with E-state index in [0.717, 1.165) is 31.6 Å². The van der Waals surface area contributed by atoms with Crippen LogP contribution in [0.15, 0.2) is 10.9 Å². The van der Waals surface area contributed by atoms with Crippen LogP contribution in [0.4, 0.5) is 0 Å². The lowest BCUT2D eigenvalue weighted by Gasteiger charge is -2.21. The van der Waals surface area contributed by atoms with Crippen molar-refractivity contribution in [1.82, 2.24) is 9.88 Å². The van der Waals surface area contributed by atoms with Crippen molar-refractivity contribution in [3.8, 4) is 0 Å². The molecule has 5 heteroatoms. The summed E-state index contributed by atoms with van der Waals surface area (Å²) in [6.07, 6.45) is 1.97. The topological polar surface area (TPSA) is 42.4 Å². The highest BCUT2D eigenvalue weighted by Gasteiger charge is 2.31. The third kappa shape index (κ3) is 2.59. The van der Waals surface area contributed by atoms with Crippen LogP contribution < -0.4 is 0 Å². The summed E-state index contributed by atoms with van der Waals surface area (Å²) < 4.78 is 5.08. The molecule has 0 amide bonds. The molecule has 1 aromatic heterocycles. The van der Waals surface area contributed by atoms with E-state index < -0.39 is 0 Å². The molecule has 0 bridgehead atoms. The van der Waals surface area contributed by atoms with Crippen molar-refractivity contribution in [1.29, 1.82) is 0 Å². The molecule has 0 radical (unpaired) electrons. The summed E-state index contributed by atoms with van der Waals surface area (Å²) in [6, 6.07) is -0.0679. The number of thiazole rings is 1. The summed E-state index contributed by atoms with van der Waals surface area (Å²) in [6.45, 7) is 4.02. The SMILES string of the molecule is CCOC(=O)C1CCCN1Cc1cscn1. The van der Waals surface area contributed by atoms with E-state index in [9.17, 15) is 4.79 Å². The molecule has 2 heterocycles. The highest BCUT2D eigenvalue weighted by atomic mass is 32.1. The Morgan fingerprint density at radius 1 is 1.75 bits per heavy atom. The molecule has 16 heavy (non-hydrogen) atoms. The molecular weight excluding hydrogens is 224 g/mol. The van der Waals surface area contributed by atoms with Crippen LogP contribution in [-0.2, 0) is 16.1 Å². The van der Waals surface area contributed by atoms with E-state index >= 15 is 0 Å². The molecule has 1 aliphatic heterocycles. The highest BCUT2D eigenvalue weighted by Crippen LogP contribution is 2.21. The minimum absolute atomic E-state index is 0.0679. The number of rotatable bonds is 4. The molecule has 1 fully saturated rings. The van der Waals surface area contributed by atoms with E-state index in [4.69, 9.17) is 4.74 Å². The quantitative estimate of drug-likeness (QED) is 0.751. The summed E-state index contributed by atoms with van der Waals surface area (Å²) in [7, 11) is 0. The maximum absolute atomic E-state index is 11.7. The molecule has 0 spiro atoms. The van der Waals surface area contributed by atoms with Crippen LogP contribution in [-0.4, -0.2) is 35.0 Å². The molecule has 4 nitrogen and oxygen atoms in total. The summed E-state index contributed by atoms with van der Waals surface area (Å²) in [5, 5.41) is 2.03. The van der Waals surface area contributed by atoms with Gasteiger partial charge in [0.25, 0.3) is 0 Å². The van der Waals surface area contributed by atoms with Gasteiger partial charge in [-0.3, -0.25) is 9.69 Å². The fraction of sp³-hybridized carbons (Fsp3) is 0.636. The van der Waals surface area contributed by atoms with Gasteiger partial charge in [0.05, 0.1) is 17.8 Å². The molecule has 0 aliphatic carbocycles. The maximum Gasteiger partial charge on any atom is 0.323 e. The average Bonchev–Trinajstić information content (AvgIpc) is 2.90. The van der Waals surface area contributed by atoms with Crippen LogP contribution in [0.5, 0.6) is 0 Å². The van der Waals surface area contributed by atoms with Crippen molar-refractivity contribution in [3.63, 3.8) is 0 Å². The molecule has 1 atom stereocenters. The Hall–Kier alpha value is -0.940. The molecule has 1 saturated heterocycles. The van der Waals surface area contributed by atoms with Crippen molar-refractivity contribution < 1.29 is 9.53 Å². The van der Waals surface area contributed by atoms with E-state index in [1.165, 1.54) is 0 Å². The smallest absolute Gasteiger partial charge is 0.323 e. The molecule has 0 aromatic carbocycles. The van der Waals surface area contributed by atoms with Gasteiger partial charge in [-0.2, -0.15) is 0 Å². The van der Waals surface area contributed by atoms with Crippen LogP contribution in [0.25, 0.3) is 0 Å². The number of hydrogen-bond acceptors (Lipinski definition) is 5. The van der Waals surface area contributed by atoms with Crippen LogP contribution in [0.1, 0.15) is 25.5 Å². The first-order chi connectivity index (χ1) is 7.81. The first kappa shape index (κ1) is 11.5. The fourth-order valence-electron chi connectivity index (χ4n) is 2.04. The van der Waals surface area contributed by atoms with E-state index in [0.29, 0.717) is 6.61 Å². The summed E-state index contributed by atoms with van der Waals surface area (Å²) in [4.78, 5) is 18.1. The Morgan fingerprint density at radius 3 is 3.31 bits per heavy atom. The predicted octanol–water partition coefficient (Wildman–Crippen LogP) is 1.67. The second-order valence-corrected chi connectivity index (χ2v) is 4.58. The number of hydrogen-bond donors (Lipinski definition) is 0. The Labute approximate surface area is 99.2 Å². The number of nitrogens with zero attached hydrogens (tertiary/aromatic N) is 2. The normalized spacial score (nSPS) is 21.2. The van der Waals surface area contributed by atoms with Gasteiger partial charge in [0, 0.05) is 11.9 Å². The Morgan fingerprint density at radius 2 is 2.62 bits per heavy atom. The Kier molecular flexibility index (Phi) is 3.90. The first-order valence-corrected chi connectivity index (χ1v) is 6.53. The van der Waals surface area contributed by atoms with Gasteiger partial charge in [0.2, 0.25) is 0 Å². The minimum Gasteiger partial charge on any atom is -0.465 e. The first-order valence-electron chi connectivity index (χ1n) is 5.59. The number of carbonyl (C=O) groups excluding carboxylic acids is 1. The standard InChI is InChI=1S/C11H16N2O2S/c1-2-15-11(14)10-4-3-5-13(10)6-9-7-16-8-12-9/h7-8,10H,2-6H2,1H3. The summed E-state index contributed by atoms with van der Waals surface area (Å²) >= 11 is 1.59. The molecule has 0 saturated carbocycles. The predicted molar refractivity (Wildman–Crippen MR) is 62.2 cm³/mol. The van der Waals surface area contributed by atoms with Gasteiger partial charge in [-0.15, -0.1) is 11.3 Å². The lowest BCUT2D eigenvalue weighted by molar-refractivity contribution is -0.148. The average molecular weight is 240 g/mol.